The SMILES string of the molecule is Nc1nc2ncc(CNc3ccc(C(=O)N[C@@H](CCC(=O)O)C(=O)O)cc3)nc2c(=O)[nH]1.Nc1nc2ncc(CNc3ccc(C(=O)N[C@@H](CCC(=O)O)C(=O)O)cc3)nc2c(=O)[nH]1.O.[Zn]. The van der Waals surface area contributed by atoms with Gasteiger partial charge in [-0.25, -0.2) is 29.5 Å². The molecule has 0 aliphatic carbocycles. The van der Waals surface area contributed by atoms with Gasteiger partial charge < -0.3 is 58.6 Å². The van der Waals surface area contributed by atoms with E-state index in [1.807, 2.05) is 0 Å². The Balaban J connectivity index is 0.000000340. The van der Waals surface area contributed by atoms with Crippen molar-refractivity contribution >= 4 is 81.3 Å². The maximum Gasteiger partial charge on any atom is 0.326 e. The van der Waals surface area contributed by atoms with E-state index in [1.165, 1.54) is 36.7 Å². The van der Waals surface area contributed by atoms with Gasteiger partial charge in [-0.3, -0.25) is 38.7 Å². The van der Waals surface area contributed by atoms with Gasteiger partial charge in [0.05, 0.1) is 36.9 Å². The van der Waals surface area contributed by atoms with Gasteiger partial charge in [0.1, 0.15) is 12.1 Å². The van der Waals surface area contributed by atoms with Gasteiger partial charge >= 0.3 is 23.9 Å². The Morgan fingerprint density at radius 1 is 0.576 bits per heavy atom. The molecule has 0 saturated carbocycles. The van der Waals surface area contributed by atoms with E-state index in [0.717, 1.165) is 0 Å². The van der Waals surface area contributed by atoms with Crippen LogP contribution in [0.2, 0.25) is 0 Å². The van der Waals surface area contributed by atoms with E-state index in [-0.39, 0.29) is 109 Å². The van der Waals surface area contributed by atoms with Crippen LogP contribution in [0.5, 0.6) is 0 Å². The Hall–Kier alpha value is -8.52. The molecule has 0 saturated heterocycles. The fraction of sp³-hybridized carbons (Fsp3) is 0.211. The smallest absolute Gasteiger partial charge is 0.326 e. The van der Waals surface area contributed by atoms with Crippen molar-refractivity contribution in [3.63, 3.8) is 0 Å². The number of fused-ring (bicyclic) bond motifs is 2. The van der Waals surface area contributed by atoms with Crippen molar-refractivity contribution in [1.29, 1.82) is 0 Å². The number of hydrogen-bond acceptors (Lipinski definition) is 18. The van der Waals surface area contributed by atoms with Crippen molar-refractivity contribution in [2.75, 3.05) is 22.1 Å². The van der Waals surface area contributed by atoms with E-state index in [1.54, 1.807) is 24.3 Å². The molecule has 0 bridgehead atoms. The predicted octanol–water partition coefficient (Wildman–Crippen LogP) is -0.917. The quantitative estimate of drug-likeness (QED) is 0.0464. The van der Waals surface area contributed by atoms with Gasteiger partial charge in [-0.05, 0) is 61.4 Å². The predicted molar refractivity (Wildman–Crippen MR) is 227 cm³/mol. The van der Waals surface area contributed by atoms with Gasteiger partial charge in [-0.15, -0.1) is 0 Å². The maximum absolute atomic E-state index is 12.3. The average molecular weight is 966 g/mol. The van der Waals surface area contributed by atoms with Gasteiger partial charge in [0.15, 0.2) is 22.3 Å². The average Bonchev–Trinajstić information content (AvgIpc) is 3.25. The molecule has 16 N–H and O–H groups in total. The third-order valence-electron chi connectivity index (χ3n) is 8.71. The van der Waals surface area contributed by atoms with Crippen LogP contribution in [-0.2, 0) is 51.7 Å². The van der Waals surface area contributed by atoms with Gasteiger partial charge in [-0.1, -0.05) is 0 Å². The summed E-state index contributed by atoms with van der Waals surface area (Å²) in [4.78, 5) is 121. The molecule has 27 nitrogen and oxygen atoms in total. The number of carboxylic acids is 4. The van der Waals surface area contributed by atoms with E-state index in [9.17, 15) is 38.4 Å². The number of nitrogens with one attached hydrogen (secondary N) is 6. The summed E-state index contributed by atoms with van der Waals surface area (Å²) in [6.45, 7) is 0.461. The molecule has 4 heterocycles. The molecule has 342 valence electrons. The molecule has 0 spiro atoms. The van der Waals surface area contributed by atoms with Crippen molar-refractivity contribution in [1.82, 2.24) is 50.5 Å². The number of aliphatic carboxylic acids is 4. The molecule has 0 aliphatic heterocycles. The molecular formula is C38H40N14O13Zn. The summed E-state index contributed by atoms with van der Waals surface area (Å²) in [6, 6.07) is 9.73. The first-order valence-corrected chi connectivity index (χ1v) is 18.7. The maximum atomic E-state index is 12.3. The number of anilines is 4. The summed E-state index contributed by atoms with van der Waals surface area (Å²) in [5.74, 6) is -6.31. The molecule has 0 fully saturated rings. The number of aromatic nitrogens is 8. The molecule has 2 aromatic carbocycles. The minimum absolute atomic E-state index is 0. The number of benzene rings is 2. The number of H-pyrrole nitrogens is 2. The Kier molecular flexibility index (Phi) is 18.7. The second kappa shape index (κ2) is 23.8. The van der Waals surface area contributed by atoms with Gasteiger partial charge in [0.2, 0.25) is 11.9 Å². The summed E-state index contributed by atoms with van der Waals surface area (Å²) in [5.41, 5.74) is 12.9. The number of rotatable bonds is 18. The van der Waals surface area contributed by atoms with Crippen molar-refractivity contribution in [3.05, 3.63) is 104 Å². The van der Waals surface area contributed by atoms with Crippen molar-refractivity contribution < 1.29 is 74.1 Å². The van der Waals surface area contributed by atoms with Crippen LogP contribution in [0.25, 0.3) is 22.3 Å². The molecule has 28 heteroatoms. The van der Waals surface area contributed by atoms with E-state index in [2.05, 4.69) is 61.1 Å². The Morgan fingerprint density at radius 3 is 1.24 bits per heavy atom. The molecular weight excluding hydrogens is 926 g/mol. The van der Waals surface area contributed by atoms with Crippen LogP contribution in [-0.4, -0.2) is 114 Å². The van der Waals surface area contributed by atoms with Crippen LogP contribution in [0.3, 0.4) is 0 Å². The topological polar surface area (TPSA) is 458 Å². The zero-order valence-electron chi connectivity index (χ0n) is 34.3. The molecule has 66 heavy (non-hydrogen) atoms. The number of carbonyl (C=O) groups is 6. The van der Waals surface area contributed by atoms with Crippen molar-refractivity contribution in [2.45, 2.75) is 50.9 Å². The molecule has 0 radical (unpaired) electrons. The first-order chi connectivity index (χ1) is 30.4. The van der Waals surface area contributed by atoms with Crippen LogP contribution in [0.1, 0.15) is 57.8 Å². The minimum Gasteiger partial charge on any atom is -0.481 e. The number of carboxylic acid groups (broad SMARTS) is 4. The molecule has 6 rings (SSSR count). The van der Waals surface area contributed by atoms with E-state index >= 15 is 0 Å². The molecule has 0 aliphatic rings. The number of nitrogens with two attached hydrogens (primary N) is 2. The Morgan fingerprint density at radius 2 is 0.924 bits per heavy atom. The summed E-state index contributed by atoms with van der Waals surface area (Å²) < 4.78 is 0. The van der Waals surface area contributed by atoms with Crippen LogP contribution < -0.4 is 43.9 Å². The number of aromatic amines is 2. The molecule has 4 aromatic heterocycles. The summed E-state index contributed by atoms with van der Waals surface area (Å²) in [6.07, 6.45) is 1.68. The normalized spacial score (nSPS) is 11.3. The summed E-state index contributed by atoms with van der Waals surface area (Å²) in [7, 11) is 0. The fourth-order valence-electron chi connectivity index (χ4n) is 5.51. The van der Waals surface area contributed by atoms with E-state index < -0.39 is 58.9 Å². The second-order valence-electron chi connectivity index (χ2n) is 13.4. The second-order valence-corrected chi connectivity index (χ2v) is 13.4. The molecule has 2 amide bonds. The molecule has 6 aromatic rings. The van der Waals surface area contributed by atoms with Crippen LogP contribution in [0, 0.1) is 0 Å². The largest absolute Gasteiger partial charge is 0.481 e. The first-order valence-electron chi connectivity index (χ1n) is 18.7. The van der Waals surface area contributed by atoms with Crippen LogP contribution in [0.15, 0.2) is 70.5 Å². The third kappa shape index (κ3) is 14.8. The van der Waals surface area contributed by atoms with Gasteiger partial charge in [-0.2, -0.15) is 9.97 Å². The van der Waals surface area contributed by atoms with Crippen LogP contribution in [0.4, 0.5) is 23.3 Å². The van der Waals surface area contributed by atoms with Gasteiger partial charge in [0.25, 0.3) is 22.9 Å². The zero-order valence-corrected chi connectivity index (χ0v) is 37.2. The number of carbonyl (C=O) groups excluding carboxylic acids is 2. The minimum atomic E-state index is -1.31. The van der Waals surface area contributed by atoms with Gasteiger partial charge in [0, 0.05) is 54.8 Å². The van der Waals surface area contributed by atoms with Crippen molar-refractivity contribution in [2.24, 2.45) is 0 Å². The van der Waals surface area contributed by atoms with Crippen LogP contribution >= 0.6 is 0 Å². The first kappa shape index (κ1) is 51.8. The number of amides is 2. The fourth-order valence-corrected chi connectivity index (χ4v) is 5.51. The van der Waals surface area contributed by atoms with Crippen molar-refractivity contribution in [3.8, 4) is 0 Å². The zero-order chi connectivity index (χ0) is 46.5. The monoisotopic (exact) mass is 964 g/mol. The van der Waals surface area contributed by atoms with E-state index in [4.69, 9.17) is 31.9 Å². The number of nitrogen functional groups attached to an aromatic ring is 2. The third-order valence-corrected chi connectivity index (χ3v) is 8.71. The summed E-state index contributed by atoms with van der Waals surface area (Å²) >= 11 is 0. The molecule has 0 unspecified atom stereocenters. The number of nitrogens with zero attached hydrogens (tertiary/aromatic N) is 6. The molecule has 2 atom stereocenters. The Bertz CT molecular complexity index is 2650. The number of hydrogen-bond donors (Lipinski definition) is 12. The van der Waals surface area contributed by atoms with E-state index in [0.29, 0.717) is 22.8 Å². The Labute approximate surface area is 382 Å². The summed E-state index contributed by atoms with van der Waals surface area (Å²) in [5, 5.41) is 46.4. The standard InChI is InChI=1S/2C19H19N7O6.H2O.Zn/c2*20-19-25-15-14(17(30)26-19)23-11(8-22-15)7-21-10-3-1-9(2-4-10)16(29)24-12(18(31)32)5-6-13(27)28;;/h2*1-4,8,12,21H,5-7H2,(H,24,29)(H,27,28)(H,31,32)(H3,20,22,25,26,30);1H2;/t2*12-;;/m00../s1.